The van der Waals surface area contributed by atoms with Crippen LogP contribution < -0.4 is 9.64 Å². The number of nitrogens with zero attached hydrogens (tertiary/aromatic N) is 3. The number of carbonyl (C=O) groups is 1. The lowest BCUT2D eigenvalue weighted by Gasteiger charge is -2.44. The molecule has 6 rings (SSSR count). The lowest BCUT2D eigenvalue weighted by atomic mass is 9.92. The molecule has 0 saturated carbocycles. The minimum absolute atomic E-state index is 0.0862. The predicted octanol–water partition coefficient (Wildman–Crippen LogP) is 4.92. The average molecular weight is 422 g/mol. The van der Waals surface area contributed by atoms with Crippen molar-refractivity contribution < 1.29 is 9.53 Å². The summed E-state index contributed by atoms with van der Waals surface area (Å²) in [5, 5.41) is 6.94. The maximum Gasteiger partial charge on any atom is 0.306 e. The second-order valence-corrected chi connectivity index (χ2v) is 8.48. The largest absolute Gasteiger partial charge is 0.453 e. The number of para-hydroxylation sites is 2. The number of rotatable bonds is 3. The summed E-state index contributed by atoms with van der Waals surface area (Å²) >= 11 is 0. The Morgan fingerprint density at radius 2 is 1.84 bits per heavy atom. The maximum atomic E-state index is 14.0. The Kier molecular flexibility index (Phi) is 4.02. The highest BCUT2D eigenvalue weighted by Crippen LogP contribution is 2.55. The molecule has 0 bridgehead atoms. The van der Waals surface area contributed by atoms with Crippen molar-refractivity contribution in [2.45, 2.75) is 25.1 Å². The number of benzene rings is 3. The summed E-state index contributed by atoms with van der Waals surface area (Å²) in [6.45, 7) is 6.34. The number of hydrogen-bond acceptors (Lipinski definition) is 4. The van der Waals surface area contributed by atoms with Crippen molar-refractivity contribution in [2.75, 3.05) is 11.4 Å². The topological polar surface area (TPSA) is 45.1 Å². The fourth-order valence-electron chi connectivity index (χ4n) is 5.05. The molecule has 2 atom stereocenters. The molecule has 0 aliphatic carbocycles. The van der Waals surface area contributed by atoms with Gasteiger partial charge in [-0.05, 0) is 24.6 Å². The van der Waals surface area contributed by atoms with E-state index in [1.807, 2.05) is 47.5 Å². The van der Waals surface area contributed by atoms with Crippen LogP contribution in [0, 0.1) is 6.92 Å². The third-order valence-electron chi connectivity index (χ3n) is 6.56. The molecule has 0 fully saturated rings. The molecule has 2 unspecified atom stereocenters. The molecule has 1 amide bonds. The summed E-state index contributed by atoms with van der Waals surface area (Å²) in [6, 6.07) is 24.1. The molecule has 0 radical (unpaired) electrons. The fourth-order valence-corrected chi connectivity index (χ4v) is 5.05. The number of ether oxygens (including phenoxy) is 1. The Labute approximate surface area is 187 Å². The van der Waals surface area contributed by atoms with Gasteiger partial charge in [-0.15, -0.1) is 6.58 Å². The van der Waals surface area contributed by atoms with Gasteiger partial charge >= 0.3 is 5.72 Å². The lowest BCUT2D eigenvalue weighted by molar-refractivity contribution is -0.163. The summed E-state index contributed by atoms with van der Waals surface area (Å²) in [6.07, 6.45) is 2.45. The molecule has 3 heterocycles. The van der Waals surface area contributed by atoms with Gasteiger partial charge in [0.05, 0.1) is 23.0 Å². The Morgan fingerprint density at radius 1 is 1.09 bits per heavy atom. The molecule has 32 heavy (non-hydrogen) atoms. The van der Waals surface area contributed by atoms with E-state index in [2.05, 4.69) is 43.8 Å². The van der Waals surface area contributed by atoms with Gasteiger partial charge in [0.1, 0.15) is 5.75 Å². The van der Waals surface area contributed by atoms with Crippen LogP contribution in [0.2, 0.25) is 0 Å². The molecule has 5 heteroatoms. The van der Waals surface area contributed by atoms with Gasteiger partial charge in [-0.1, -0.05) is 72.3 Å². The SMILES string of the molecule is C=CCN1C(=O)C2(Oc3ccccc3C3CC(c4ccc(C)cc4)=NN32)c2ccccc21. The average Bonchev–Trinajstić information content (AvgIpc) is 3.36. The van der Waals surface area contributed by atoms with Crippen molar-refractivity contribution in [1.82, 2.24) is 5.01 Å². The second kappa shape index (κ2) is 6.82. The number of carbonyl (C=O) groups excluding carboxylic acids is 1. The number of aryl methyl sites for hydroxylation is 1. The van der Waals surface area contributed by atoms with E-state index in [4.69, 9.17) is 9.84 Å². The standard InChI is InChI=1S/C27H23N3O2/c1-3-16-29-23-10-6-5-9-21(23)27(26(29)31)30-24(20-8-4-7-11-25(20)32-27)17-22(28-30)19-14-12-18(2)13-15-19/h3-15,24H,1,16-17H2,2H3. The summed E-state index contributed by atoms with van der Waals surface area (Å²) in [4.78, 5) is 15.8. The third kappa shape index (κ3) is 2.45. The van der Waals surface area contributed by atoms with Gasteiger partial charge in [-0.3, -0.25) is 4.79 Å². The number of amides is 1. The van der Waals surface area contributed by atoms with E-state index in [0.29, 0.717) is 13.0 Å². The highest BCUT2D eigenvalue weighted by atomic mass is 16.5. The summed E-state index contributed by atoms with van der Waals surface area (Å²) in [5.74, 6) is 0.602. The molecule has 0 N–H and O–H groups in total. The van der Waals surface area contributed by atoms with E-state index in [1.54, 1.807) is 11.0 Å². The molecule has 3 aliphatic heterocycles. The fraction of sp³-hybridized carbons (Fsp3) is 0.185. The highest BCUT2D eigenvalue weighted by molar-refractivity contribution is 6.08. The van der Waals surface area contributed by atoms with Gasteiger partial charge in [0.2, 0.25) is 0 Å². The first-order valence-corrected chi connectivity index (χ1v) is 10.9. The summed E-state index contributed by atoms with van der Waals surface area (Å²) in [5.41, 5.74) is 4.62. The minimum Gasteiger partial charge on any atom is -0.453 e. The summed E-state index contributed by atoms with van der Waals surface area (Å²) in [7, 11) is 0. The van der Waals surface area contributed by atoms with Gasteiger partial charge < -0.3 is 9.64 Å². The Morgan fingerprint density at radius 3 is 2.66 bits per heavy atom. The summed E-state index contributed by atoms with van der Waals surface area (Å²) < 4.78 is 6.61. The zero-order valence-corrected chi connectivity index (χ0v) is 17.9. The molecule has 0 aromatic heterocycles. The van der Waals surface area contributed by atoms with E-state index in [9.17, 15) is 4.79 Å². The van der Waals surface area contributed by atoms with E-state index in [-0.39, 0.29) is 11.9 Å². The van der Waals surface area contributed by atoms with Crippen molar-refractivity contribution in [3.05, 3.63) is 108 Å². The van der Waals surface area contributed by atoms with Crippen molar-refractivity contribution in [2.24, 2.45) is 5.10 Å². The van der Waals surface area contributed by atoms with Gasteiger partial charge in [0.25, 0.3) is 5.91 Å². The van der Waals surface area contributed by atoms with Gasteiger partial charge in [0.15, 0.2) is 0 Å². The van der Waals surface area contributed by atoms with E-state index in [1.165, 1.54) is 5.56 Å². The first-order valence-electron chi connectivity index (χ1n) is 10.9. The van der Waals surface area contributed by atoms with Crippen LogP contribution in [0.4, 0.5) is 5.69 Å². The van der Waals surface area contributed by atoms with Gasteiger partial charge in [0, 0.05) is 18.5 Å². The van der Waals surface area contributed by atoms with Crippen molar-refractivity contribution in [3.63, 3.8) is 0 Å². The van der Waals surface area contributed by atoms with Crippen LogP contribution in [-0.4, -0.2) is 23.2 Å². The first kappa shape index (κ1) is 18.9. The zero-order chi connectivity index (χ0) is 21.9. The highest BCUT2D eigenvalue weighted by Gasteiger charge is 2.62. The molecule has 1 spiro atoms. The molecule has 5 nitrogen and oxygen atoms in total. The molecular formula is C27H23N3O2. The second-order valence-electron chi connectivity index (χ2n) is 8.48. The number of hydrazone groups is 1. The Balaban J connectivity index is 1.57. The Hall–Kier alpha value is -3.86. The van der Waals surface area contributed by atoms with Crippen molar-refractivity contribution >= 4 is 17.3 Å². The lowest BCUT2D eigenvalue weighted by Crippen LogP contribution is -2.57. The van der Waals surface area contributed by atoms with Crippen LogP contribution in [0.15, 0.2) is 90.6 Å². The monoisotopic (exact) mass is 421 g/mol. The van der Waals surface area contributed by atoms with Gasteiger partial charge in [-0.25, -0.2) is 5.01 Å². The van der Waals surface area contributed by atoms with Gasteiger partial charge in [-0.2, -0.15) is 5.10 Å². The quantitative estimate of drug-likeness (QED) is 0.564. The van der Waals surface area contributed by atoms with Crippen LogP contribution in [-0.2, 0) is 10.5 Å². The normalized spacial score (nSPS) is 22.8. The smallest absolute Gasteiger partial charge is 0.306 e. The van der Waals surface area contributed by atoms with Crippen molar-refractivity contribution in [3.8, 4) is 5.75 Å². The molecule has 0 saturated heterocycles. The number of fused-ring (bicyclic) bond motifs is 6. The van der Waals surface area contributed by atoms with Crippen LogP contribution in [0.5, 0.6) is 5.75 Å². The first-order chi connectivity index (χ1) is 15.6. The molecule has 3 aromatic rings. The van der Waals surface area contributed by atoms with Crippen LogP contribution in [0.3, 0.4) is 0 Å². The van der Waals surface area contributed by atoms with Crippen molar-refractivity contribution in [1.29, 1.82) is 0 Å². The van der Waals surface area contributed by atoms with Crippen LogP contribution in [0.1, 0.15) is 34.7 Å². The zero-order valence-electron chi connectivity index (χ0n) is 17.9. The number of hydrogen-bond donors (Lipinski definition) is 0. The molecule has 3 aliphatic rings. The number of anilines is 1. The minimum atomic E-state index is -1.33. The van der Waals surface area contributed by atoms with E-state index >= 15 is 0 Å². The molecule has 158 valence electrons. The van der Waals surface area contributed by atoms with E-state index < -0.39 is 5.72 Å². The van der Waals surface area contributed by atoms with E-state index in [0.717, 1.165) is 33.8 Å². The van der Waals surface area contributed by atoms with Crippen LogP contribution >= 0.6 is 0 Å². The maximum absolute atomic E-state index is 14.0. The van der Waals surface area contributed by atoms with Crippen LogP contribution in [0.25, 0.3) is 0 Å². The third-order valence-corrected chi connectivity index (χ3v) is 6.56. The Bertz CT molecular complexity index is 1280. The molecular weight excluding hydrogens is 398 g/mol. The molecule has 3 aromatic carbocycles. The predicted molar refractivity (Wildman–Crippen MR) is 125 cm³/mol.